The van der Waals surface area contributed by atoms with E-state index in [4.69, 9.17) is 9.16 Å². The molecule has 9 heavy (non-hydrogen) atoms. The molecule has 3 heteroatoms. The molecule has 1 heterocycles. The lowest BCUT2D eigenvalue weighted by molar-refractivity contribution is 0.392. The van der Waals surface area contributed by atoms with Crippen molar-refractivity contribution < 1.29 is 9.16 Å². The molecule has 0 spiro atoms. The van der Waals surface area contributed by atoms with Gasteiger partial charge in [-0.1, -0.05) is 6.42 Å². The highest BCUT2D eigenvalue weighted by Crippen LogP contribution is 2.16. The number of hydrogen-bond donors (Lipinski definition) is 0. The van der Waals surface area contributed by atoms with Crippen molar-refractivity contribution in [1.82, 2.24) is 0 Å². The third-order valence-electron chi connectivity index (χ3n) is 1.35. The molecule has 1 rings (SSSR count). The Morgan fingerprint density at radius 3 is 3.11 bits per heavy atom. The summed E-state index contributed by atoms with van der Waals surface area (Å²) in [6.45, 7) is 0.996. The van der Waals surface area contributed by atoms with Crippen LogP contribution in [0.2, 0.25) is 6.04 Å². The van der Waals surface area contributed by atoms with Gasteiger partial charge in [0.15, 0.2) is 0 Å². The Bertz CT molecular complexity index is 73.5. The van der Waals surface area contributed by atoms with Gasteiger partial charge >= 0.3 is 0 Å². The van der Waals surface area contributed by atoms with Gasteiger partial charge in [0, 0.05) is 7.11 Å². The van der Waals surface area contributed by atoms with E-state index in [9.17, 15) is 0 Å². The van der Waals surface area contributed by atoms with Gasteiger partial charge in [-0.05, 0) is 12.5 Å². The molecular formula is C6H12O2Si. The molecule has 1 fully saturated rings. The summed E-state index contributed by atoms with van der Waals surface area (Å²) >= 11 is 0. The van der Waals surface area contributed by atoms with Gasteiger partial charge in [0.2, 0.25) is 9.76 Å². The van der Waals surface area contributed by atoms with E-state index in [2.05, 4.69) is 0 Å². The largest absolute Gasteiger partial charge is 0.421 e. The highest BCUT2D eigenvalue weighted by Gasteiger charge is 2.20. The van der Waals surface area contributed by atoms with Crippen LogP contribution in [0.25, 0.3) is 0 Å². The van der Waals surface area contributed by atoms with E-state index in [-0.39, 0.29) is 0 Å². The van der Waals surface area contributed by atoms with Gasteiger partial charge in [-0.25, -0.2) is 0 Å². The second-order valence-electron chi connectivity index (χ2n) is 2.20. The summed E-state index contributed by atoms with van der Waals surface area (Å²) in [6, 6.07) is 1.20. The van der Waals surface area contributed by atoms with Gasteiger partial charge in [-0.2, -0.15) is 0 Å². The van der Waals surface area contributed by atoms with Crippen LogP contribution >= 0.6 is 0 Å². The second-order valence-corrected chi connectivity index (χ2v) is 3.39. The van der Waals surface area contributed by atoms with E-state index < -0.39 is 0 Å². The van der Waals surface area contributed by atoms with E-state index in [1.54, 1.807) is 7.11 Å². The fraction of sp³-hybridized carbons (Fsp3) is 1.00. The predicted molar refractivity (Wildman–Crippen MR) is 36.5 cm³/mol. The molecule has 1 unspecified atom stereocenters. The molecule has 0 amide bonds. The molecule has 1 aliphatic rings. The van der Waals surface area contributed by atoms with Crippen molar-refractivity contribution in [2.24, 2.45) is 0 Å². The molecule has 0 bridgehead atoms. The first-order valence-electron chi connectivity index (χ1n) is 3.31. The minimum atomic E-state index is 0.603. The Kier molecular flexibility index (Phi) is 3.25. The highest BCUT2D eigenvalue weighted by molar-refractivity contribution is 6.26. The molecular weight excluding hydrogens is 132 g/mol. The van der Waals surface area contributed by atoms with Crippen molar-refractivity contribution in [2.75, 3.05) is 13.7 Å². The van der Waals surface area contributed by atoms with E-state index in [1.165, 1.54) is 18.9 Å². The lowest BCUT2D eigenvalue weighted by atomic mass is 10.3. The fourth-order valence-corrected chi connectivity index (χ4v) is 1.29. The van der Waals surface area contributed by atoms with Gasteiger partial charge in [-0.3, -0.25) is 0 Å². The Morgan fingerprint density at radius 1 is 1.78 bits per heavy atom. The number of hydrogen-bond acceptors (Lipinski definition) is 2. The standard InChI is InChI=1S/C6H12O2Si/c1-7-9-4-2-3-6-5-8-6/h6H,2-5H2,1H3. The molecule has 1 atom stereocenters. The monoisotopic (exact) mass is 144 g/mol. The summed E-state index contributed by atoms with van der Waals surface area (Å²) in [7, 11) is 2.44. The van der Waals surface area contributed by atoms with E-state index in [0.717, 1.165) is 6.61 Å². The summed E-state index contributed by atoms with van der Waals surface area (Å²) < 4.78 is 9.98. The first-order chi connectivity index (χ1) is 4.43. The Hall–Kier alpha value is 0.137. The molecule has 2 radical (unpaired) electrons. The summed E-state index contributed by atoms with van der Waals surface area (Å²) in [4.78, 5) is 0. The van der Waals surface area contributed by atoms with E-state index in [0.29, 0.717) is 15.9 Å². The smallest absolute Gasteiger partial charge is 0.229 e. The summed E-state index contributed by atoms with van der Waals surface area (Å²) in [5.41, 5.74) is 0. The molecule has 2 nitrogen and oxygen atoms in total. The zero-order chi connectivity index (χ0) is 6.53. The quantitative estimate of drug-likeness (QED) is 0.324. The van der Waals surface area contributed by atoms with Gasteiger partial charge in [-0.15, -0.1) is 0 Å². The van der Waals surface area contributed by atoms with Crippen LogP contribution in [0.3, 0.4) is 0 Å². The molecule has 0 aromatic carbocycles. The SMILES string of the molecule is CO[Si]CCCC1CO1. The fourth-order valence-electron chi connectivity index (χ4n) is 0.739. The van der Waals surface area contributed by atoms with Crippen molar-refractivity contribution in [1.29, 1.82) is 0 Å². The topological polar surface area (TPSA) is 21.8 Å². The lowest BCUT2D eigenvalue weighted by Crippen LogP contribution is -1.93. The van der Waals surface area contributed by atoms with Crippen LogP contribution in [-0.2, 0) is 9.16 Å². The molecule has 1 saturated heterocycles. The Balaban J connectivity index is 1.71. The average Bonchev–Trinajstić information content (AvgIpc) is 2.63. The molecule has 0 aromatic heterocycles. The molecule has 0 aliphatic carbocycles. The summed E-state index contributed by atoms with van der Waals surface area (Å²) in [6.07, 6.45) is 3.10. The number of ether oxygens (including phenoxy) is 1. The third kappa shape index (κ3) is 3.67. The Morgan fingerprint density at radius 2 is 2.56 bits per heavy atom. The van der Waals surface area contributed by atoms with Crippen LogP contribution in [0.5, 0.6) is 0 Å². The van der Waals surface area contributed by atoms with Crippen molar-refractivity contribution in [2.45, 2.75) is 25.0 Å². The van der Waals surface area contributed by atoms with Gasteiger partial charge in [0.1, 0.15) is 0 Å². The highest BCUT2D eigenvalue weighted by atomic mass is 28.2. The summed E-state index contributed by atoms with van der Waals surface area (Å²) in [5.74, 6) is 0. The molecule has 0 saturated carbocycles. The normalized spacial score (nSPS) is 24.3. The molecule has 0 aromatic rings. The minimum Gasteiger partial charge on any atom is -0.421 e. The van der Waals surface area contributed by atoms with Gasteiger partial charge in [0.25, 0.3) is 0 Å². The van der Waals surface area contributed by atoms with Crippen molar-refractivity contribution in [3.8, 4) is 0 Å². The van der Waals surface area contributed by atoms with E-state index in [1.807, 2.05) is 0 Å². The maximum Gasteiger partial charge on any atom is 0.229 e. The predicted octanol–water partition coefficient (Wildman–Crippen LogP) is 0.849. The number of epoxide rings is 1. The van der Waals surface area contributed by atoms with Crippen molar-refractivity contribution in [3.63, 3.8) is 0 Å². The van der Waals surface area contributed by atoms with Crippen molar-refractivity contribution >= 4 is 9.76 Å². The Labute approximate surface area is 58.5 Å². The van der Waals surface area contributed by atoms with Crippen LogP contribution in [0.4, 0.5) is 0 Å². The minimum absolute atomic E-state index is 0.603. The second kappa shape index (κ2) is 4.03. The van der Waals surface area contributed by atoms with E-state index >= 15 is 0 Å². The first kappa shape index (κ1) is 7.25. The van der Waals surface area contributed by atoms with Crippen LogP contribution in [-0.4, -0.2) is 29.6 Å². The molecule has 52 valence electrons. The van der Waals surface area contributed by atoms with Gasteiger partial charge < -0.3 is 9.16 Å². The summed E-state index contributed by atoms with van der Waals surface area (Å²) in [5, 5.41) is 0. The van der Waals surface area contributed by atoms with Gasteiger partial charge in [0.05, 0.1) is 12.7 Å². The maximum atomic E-state index is 5.05. The third-order valence-corrected chi connectivity index (χ3v) is 2.20. The van der Waals surface area contributed by atoms with Crippen LogP contribution in [0, 0.1) is 0 Å². The maximum absolute atomic E-state index is 5.05. The first-order valence-corrected chi connectivity index (χ1v) is 4.42. The van der Waals surface area contributed by atoms with Crippen LogP contribution in [0.15, 0.2) is 0 Å². The van der Waals surface area contributed by atoms with Crippen LogP contribution < -0.4 is 0 Å². The zero-order valence-corrected chi connectivity index (χ0v) is 6.72. The van der Waals surface area contributed by atoms with Crippen molar-refractivity contribution in [3.05, 3.63) is 0 Å². The van der Waals surface area contributed by atoms with Crippen LogP contribution in [0.1, 0.15) is 12.8 Å². The molecule has 1 aliphatic heterocycles. The molecule has 0 N–H and O–H groups in total. The average molecular weight is 144 g/mol. The number of rotatable bonds is 5. The zero-order valence-electron chi connectivity index (χ0n) is 5.72. The lowest BCUT2D eigenvalue weighted by Gasteiger charge is -1.93.